The first-order valence-corrected chi connectivity index (χ1v) is 4.75. The Hall–Kier alpha value is -2.08. The van der Waals surface area contributed by atoms with Crippen molar-refractivity contribution in [2.45, 2.75) is 13.8 Å². The number of nitrogens with one attached hydrogen (secondary N) is 1. The number of rotatable bonds is 1. The van der Waals surface area contributed by atoms with Crippen LogP contribution in [0.2, 0.25) is 0 Å². The summed E-state index contributed by atoms with van der Waals surface area (Å²) in [6.45, 7) is 3.87. The number of aromatic amines is 1. The third kappa shape index (κ3) is 1.62. The average Bonchev–Trinajstić information content (AvgIpc) is 2.60. The van der Waals surface area contributed by atoms with Gasteiger partial charge in [0, 0.05) is 5.56 Å². The molecule has 0 bridgehead atoms. The highest BCUT2D eigenvalue weighted by Crippen LogP contribution is 2.24. The van der Waals surface area contributed by atoms with Crippen molar-refractivity contribution in [1.82, 2.24) is 9.97 Å². The van der Waals surface area contributed by atoms with Crippen molar-refractivity contribution in [3.8, 4) is 17.3 Å². The first-order valence-electron chi connectivity index (χ1n) is 4.75. The highest BCUT2D eigenvalue weighted by atomic mass is 14.9. The summed E-state index contributed by atoms with van der Waals surface area (Å²) in [5.74, 6) is 0.768. The topological polar surface area (TPSA) is 52.5 Å². The Bertz CT molecular complexity index is 532. The molecule has 0 radical (unpaired) electrons. The van der Waals surface area contributed by atoms with Crippen LogP contribution in [0.15, 0.2) is 24.3 Å². The van der Waals surface area contributed by atoms with Gasteiger partial charge in [-0.1, -0.05) is 24.3 Å². The first kappa shape index (κ1) is 9.47. The molecule has 1 heterocycles. The Morgan fingerprint density at radius 2 is 2.00 bits per heavy atom. The molecule has 3 heteroatoms. The fourth-order valence-corrected chi connectivity index (χ4v) is 1.62. The highest BCUT2D eigenvalue weighted by molar-refractivity contribution is 5.68. The van der Waals surface area contributed by atoms with Crippen molar-refractivity contribution in [3.05, 3.63) is 41.3 Å². The van der Waals surface area contributed by atoms with Gasteiger partial charge in [0.05, 0.1) is 5.69 Å². The van der Waals surface area contributed by atoms with E-state index in [1.165, 1.54) is 0 Å². The fraction of sp³-hybridized carbons (Fsp3) is 0.167. The van der Waals surface area contributed by atoms with Crippen LogP contribution in [0.25, 0.3) is 11.3 Å². The molecule has 0 aliphatic heterocycles. The molecule has 0 amide bonds. The molecule has 0 saturated heterocycles. The molecule has 1 aromatic heterocycles. The summed E-state index contributed by atoms with van der Waals surface area (Å²) < 4.78 is 0. The van der Waals surface area contributed by atoms with E-state index in [9.17, 15) is 0 Å². The van der Waals surface area contributed by atoms with Crippen molar-refractivity contribution in [1.29, 1.82) is 5.26 Å². The normalized spacial score (nSPS) is 9.93. The SMILES string of the molecule is Cc1nc(C#N)c(-c2ccccc2C)[nH]1. The van der Waals surface area contributed by atoms with Crippen LogP contribution in [0.1, 0.15) is 17.1 Å². The van der Waals surface area contributed by atoms with Crippen molar-refractivity contribution >= 4 is 0 Å². The van der Waals surface area contributed by atoms with Crippen LogP contribution < -0.4 is 0 Å². The number of hydrogen-bond acceptors (Lipinski definition) is 2. The van der Waals surface area contributed by atoms with Gasteiger partial charge in [0.15, 0.2) is 5.69 Å². The van der Waals surface area contributed by atoms with Gasteiger partial charge in [-0.25, -0.2) is 4.98 Å². The Morgan fingerprint density at radius 3 is 2.67 bits per heavy atom. The van der Waals surface area contributed by atoms with Crippen LogP contribution in [0.3, 0.4) is 0 Å². The third-order valence-electron chi connectivity index (χ3n) is 2.34. The summed E-state index contributed by atoms with van der Waals surface area (Å²) in [6.07, 6.45) is 0. The third-order valence-corrected chi connectivity index (χ3v) is 2.34. The van der Waals surface area contributed by atoms with E-state index in [0.717, 1.165) is 22.6 Å². The van der Waals surface area contributed by atoms with E-state index in [2.05, 4.69) is 16.0 Å². The van der Waals surface area contributed by atoms with Crippen LogP contribution >= 0.6 is 0 Å². The Balaban J connectivity index is 2.65. The van der Waals surface area contributed by atoms with Gasteiger partial charge in [0.2, 0.25) is 0 Å². The molecule has 0 aliphatic rings. The molecule has 0 saturated carbocycles. The molecule has 74 valence electrons. The van der Waals surface area contributed by atoms with E-state index in [4.69, 9.17) is 5.26 Å². The van der Waals surface area contributed by atoms with Crippen LogP contribution in [-0.4, -0.2) is 9.97 Å². The van der Waals surface area contributed by atoms with Crippen LogP contribution in [-0.2, 0) is 0 Å². The molecular weight excluding hydrogens is 186 g/mol. The van der Waals surface area contributed by atoms with Crippen molar-refractivity contribution < 1.29 is 0 Å². The number of imidazole rings is 1. The number of nitriles is 1. The lowest BCUT2D eigenvalue weighted by Crippen LogP contribution is -1.85. The quantitative estimate of drug-likeness (QED) is 0.763. The molecule has 2 aromatic rings. The summed E-state index contributed by atoms with van der Waals surface area (Å²) in [4.78, 5) is 7.25. The number of hydrogen-bond donors (Lipinski definition) is 1. The van der Waals surface area contributed by atoms with Gasteiger partial charge < -0.3 is 4.98 Å². The van der Waals surface area contributed by atoms with E-state index >= 15 is 0 Å². The van der Waals surface area contributed by atoms with E-state index in [1.54, 1.807) is 0 Å². The van der Waals surface area contributed by atoms with Gasteiger partial charge in [0.1, 0.15) is 11.9 Å². The average molecular weight is 197 g/mol. The monoisotopic (exact) mass is 197 g/mol. The van der Waals surface area contributed by atoms with E-state index in [0.29, 0.717) is 5.69 Å². The Labute approximate surface area is 88.4 Å². The zero-order valence-corrected chi connectivity index (χ0v) is 8.70. The lowest BCUT2D eigenvalue weighted by atomic mass is 10.1. The lowest BCUT2D eigenvalue weighted by Gasteiger charge is -2.02. The van der Waals surface area contributed by atoms with Gasteiger partial charge in [0.25, 0.3) is 0 Å². The smallest absolute Gasteiger partial charge is 0.166 e. The van der Waals surface area contributed by atoms with Gasteiger partial charge in [-0.3, -0.25) is 0 Å². The van der Waals surface area contributed by atoms with Crippen molar-refractivity contribution in [2.75, 3.05) is 0 Å². The largest absolute Gasteiger partial charge is 0.341 e. The van der Waals surface area contributed by atoms with Crippen LogP contribution in [0.5, 0.6) is 0 Å². The minimum absolute atomic E-state index is 0.460. The second kappa shape index (κ2) is 3.58. The molecular formula is C12H11N3. The van der Waals surface area contributed by atoms with Gasteiger partial charge in [-0.15, -0.1) is 0 Å². The second-order valence-corrected chi connectivity index (χ2v) is 3.47. The number of benzene rings is 1. The predicted molar refractivity (Wildman–Crippen MR) is 58.2 cm³/mol. The molecule has 0 atom stereocenters. The summed E-state index contributed by atoms with van der Waals surface area (Å²) in [6, 6.07) is 10.0. The maximum absolute atomic E-state index is 8.95. The summed E-state index contributed by atoms with van der Waals surface area (Å²) in [5, 5.41) is 8.95. The molecule has 0 unspecified atom stereocenters. The molecule has 0 spiro atoms. The van der Waals surface area contributed by atoms with Gasteiger partial charge in [-0.2, -0.15) is 5.26 Å². The molecule has 2 rings (SSSR count). The minimum Gasteiger partial charge on any atom is -0.341 e. The van der Waals surface area contributed by atoms with Crippen LogP contribution in [0, 0.1) is 25.2 Å². The lowest BCUT2D eigenvalue weighted by molar-refractivity contribution is 1.14. The number of aromatic nitrogens is 2. The second-order valence-electron chi connectivity index (χ2n) is 3.47. The van der Waals surface area contributed by atoms with Crippen molar-refractivity contribution in [2.24, 2.45) is 0 Å². The summed E-state index contributed by atoms with van der Waals surface area (Å²) in [7, 11) is 0. The highest BCUT2D eigenvalue weighted by Gasteiger charge is 2.10. The van der Waals surface area contributed by atoms with E-state index < -0.39 is 0 Å². The standard InChI is InChI=1S/C12H11N3/c1-8-5-3-4-6-10(8)12-11(7-13)14-9(2)15-12/h3-6H,1-2H3,(H,14,15). The van der Waals surface area contributed by atoms with Crippen molar-refractivity contribution in [3.63, 3.8) is 0 Å². The minimum atomic E-state index is 0.460. The summed E-state index contributed by atoms with van der Waals surface area (Å²) >= 11 is 0. The van der Waals surface area contributed by atoms with E-state index in [1.807, 2.05) is 38.1 Å². The Kier molecular flexibility index (Phi) is 2.26. The molecule has 1 aromatic carbocycles. The van der Waals surface area contributed by atoms with E-state index in [-0.39, 0.29) is 0 Å². The molecule has 3 nitrogen and oxygen atoms in total. The summed E-state index contributed by atoms with van der Waals surface area (Å²) in [5.41, 5.74) is 3.45. The molecule has 0 fully saturated rings. The zero-order chi connectivity index (χ0) is 10.8. The van der Waals surface area contributed by atoms with Gasteiger partial charge in [-0.05, 0) is 19.4 Å². The van der Waals surface area contributed by atoms with Crippen LogP contribution in [0.4, 0.5) is 0 Å². The molecule has 0 aliphatic carbocycles. The first-order chi connectivity index (χ1) is 7.22. The Morgan fingerprint density at radius 1 is 1.27 bits per heavy atom. The zero-order valence-electron chi connectivity index (χ0n) is 8.70. The molecule has 1 N–H and O–H groups in total. The predicted octanol–water partition coefficient (Wildman–Crippen LogP) is 2.57. The van der Waals surface area contributed by atoms with Gasteiger partial charge >= 0.3 is 0 Å². The number of H-pyrrole nitrogens is 1. The fourth-order valence-electron chi connectivity index (χ4n) is 1.62. The molecule has 15 heavy (non-hydrogen) atoms. The number of nitrogens with zero attached hydrogens (tertiary/aromatic N) is 2. The maximum Gasteiger partial charge on any atom is 0.166 e. The maximum atomic E-state index is 8.95. The number of aryl methyl sites for hydroxylation is 2.